The molecule has 0 amide bonds. The molecule has 1 atom stereocenters. The minimum atomic E-state index is -0.592. The van der Waals surface area contributed by atoms with Gasteiger partial charge >= 0.3 is 11.9 Å². The number of nitrogens with zero attached hydrogens (tertiary/aromatic N) is 5. The Hall–Kier alpha value is -5.68. The van der Waals surface area contributed by atoms with Crippen molar-refractivity contribution < 1.29 is 19.1 Å². The molecule has 0 spiro atoms. The number of hydrogen-bond donors (Lipinski definition) is 2. The molecule has 2 aromatic heterocycles. The van der Waals surface area contributed by atoms with Crippen LogP contribution in [0, 0.1) is 5.41 Å². The first-order chi connectivity index (χ1) is 21.9. The van der Waals surface area contributed by atoms with Gasteiger partial charge in [-0.05, 0) is 35.4 Å². The highest BCUT2D eigenvalue weighted by Crippen LogP contribution is 2.24. The van der Waals surface area contributed by atoms with Crippen molar-refractivity contribution >= 4 is 17.8 Å². The van der Waals surface area contributed by atoms with Crippen LogP contribution >= 0.6 is 0 Å². The fourth-order valence-electron chi connectivity index (χ4n) is 5.04. The van der Waals surface area contributed by atoms with Gasteiger partial charge in [0.15, 0.2) is 5.82 Å². The number of benzene rings is 3. The van der Waals surface area contributed by atoms with Crippen molar-refractivity contribution in [1.29, 1.82) is 5.41 Å². The second-order valence-electron chi connectivity index (χ2n) is 10.3. The Labute approximate surface area is 260 Å². The van der Waals surface area contributed by atoms with Gasteiger partial charge in [0.05, 0.1) is 31.2 Å². The van der Waals surface area contributed by atoms with Gasteiger partial charge in [-0.2, -0.15) is 0 Å². The van der Waals surface area contributed by atoms with Crippen LogP contribution in [0.4, 0.5) is 0 Å². The Bertz CT molecular complexity index is 1730. The van der Waals surface area contributed by atoms with Gasteiger partial charge in [0.2, 0.25) is 0 Å². The van der Waals surface area contributed by atoms with E-state index in [1.807, 2.05) is 66.9 Å². The molecule has 3 aromatic carbocycles. The van der Waals surface area contributed by atoms with Crippen LogP contribution in [0.1, 0.15) is 32.7 Å². The SMILES string of the molecule is COC(=O)c1ccc(-c2ccc(-n3cnc(CC(C(=O)OC)N(Cc4ccccc4)Cc4ccccc4)c3)nn2)c(C(=N)N)c1. The van der Waals surface area contributed by atoms with Crippen molar-refractivity contribution in [1.82, 2.24) is 24.6 Å². The van der Waals surface area contributed by atoms with E-state index in [0.29, 0.717) is 47.8 Å². The average Bonchev–Trinajstić information content (AvgIpc) is 3.55. The van der Waals surface area contributed by atoms with Gasteiger partial charge in [-0.15, -0.1) is 10.2 Å². The number of aromatic nitrogens is 4. The maximum Gasteiger partial charge on any atom is 0.337 e. The molecule has 0 aliphatic carbocycles. The van der Waals surface area contributed by atoms with Crippen LogP contribution in [0.2, 0.25) is 0 Å². The maximum absolute atomic E-state index is 13.2. The van der Waals surface area contributed by atoms with Crippen LogP contribution in [-0.4, -0.2) is 62.7 Å². The van der Waals surface area contributed by atoms with Gasteiger partial charge in [-0.3, -0.25) is 19.7 Å². The summed E-state index contributed by atoms with van der Waals surface area (Å²) in [5.41, 5.74) is 10.3. The van der Waals surface area contributed by atoms with Crippen LogP contribution < -0.4 is 5.73 Å². The Morgan fingerprint density at radius 2 is 1.56 bits per heavy atom. The lowest BCUT2D eigenvalue weighted by Crippen LogP contribution is -2.42. The highest BCUT2D eigenvalue weighted by atomic mass is 16.5. The summed E-state index contributed by atoms with van der Waals surface area (Å²) in [6, 6.07) is 27.7. The number of nitrogens with two attached hydrogens (primary N) is 1. The molecule has 0 fully saturated rings. The van der Waals surface area contributed by atoms with Crippen molar-refractivity contribution in [3.8, 4) is 17.1 Å². The molecule has 0 bridgehead atoms. The Morgan fingerprint density at radius 1 is 0.889 bits per heavy atom. The predicted molar refractivity (Wildman–Crippen MR) is 169 cm³/mol. The minimum Gasteiger partial charge on any atom is -0.468 e. The van der Waals surface area contributed by atoms with Crippen LogP contribution in [0.25, 0.3) is 17.1 Å². The van der Waals surface area contributed by atoms with Crippen molar-refractivity contribution in [3.63, 3.8) is 0 Å². The highest BCUT2D eigenvalue weighted by Gasteiger charge is 2.28. The number of rotatable bonds is 12. The molecule has 45 heavy (non-hydrogen) atoms. The molecular formula is C34H33N7O4. The standard InChI is InChI=1S/C34H33N7O4/c1-44-33(42)25-13-14-27(28(17-25)32(35)36)29-15-16-31(39-38-29)41-21-26(37-22-41)18-30(34(43)45-2)40(19-23-9-5-3-6-10-23)20-24-11-7-4-8-12-24/h3-17,21-22,30H,18-20H2,1-2H3,(H3,35,36). The van der Waals surface area contributed by atoms with E-state index < -0.39 is 12.0 Å². The Kier molecular flexibility index (Phi) is 9.70. The third-order valence-electron chi connectivity index (χ3n) is 7.33. The number of imidazole rings is 1. The molecule has 2 heterocycles. The lowest BCUT2D eigenvalue weighted by molar-refractivity contribution is -0.147. The van der Waals surface area contributed by atoms with Crippen LogP contribution in [-0.2, 0) is 33.8 Å². The smallest absolute Gasteiger partial charge is 0.337 e. The van der Waals surface area contributed by atoms with Crippen LogP contribution in [0.3, 0.4) is 0 Å². The summed E-state index contributed by atoms with van der Waals surface area (Å²) in [5, 5.41) is 16.7. The molecule has 228 valence electrons. The monoisotopic (exact) mass is 603 g/mol. The lowest BCUT2D eigenvalue weighted by Gasteiger charge is -2.29. The largest absolute Gasteiger partial charge is 0.468 e. The number of hydrogen-bond acceptors (Lipinski definition) is 9. The van der Waals surface area contributed by atoms with Gasteiger partial charge in [-0.25, -0.2) is 9.78 Å². The summed E-state index contributed by atoms with van der Waals surface area (Å²) in [6.07, 6.45) is 3.76. The molecule has 11 heteroatoms. The van der Waals surface area contributed by atoms with Gasteiger partial charge in [0.1, 0.15) is 18.2 Å². The van der Waals surface area contributed by atoms with E-state index in [0.717, 1.165) is 11.1 Å². The van der Waals surface area contributed by atoms with E-state index in [9.17, 15) is 9.59 Å². The fraction of sp³-hybridized carbons (Fsp3) is 0.176. The minimum absolute atomic E-state index is 0.213. The zero-order chi connectivity index (χ0) is 31.8. The van der Waals surface area contributed by atoms with Crippen molar-refractivity contribution in [2.24, 2.45) is 5.73 Å². The summed E-state index contributed by atoms with van der Waals surface area (Å²) in [6.45, 7) is 1.10. The molecular weight excluding hydrogens is 570 g/mol. The Morgan fingerprint density at radius 3 is 2.11 bits per heavy atom. The fourth-order valence-corrected chi connectivity index (χ4v) is 5.04. The van der Waals surface area contributed by atoms with Gasteiger partial charge in [-0.1, -0.05) is 66.7 Å². The first kappa shape index (κ1) is 30.8. The van der Waals surface area contributed by atoms with E-state index in [1.54, 1.807) is 35.2 Å². The third kappa shape index (κ3) is 7.46. The van der Waals surface area contributed by atoms with Crippen molar-refractivity contribution in [2.45, 2.75) is 25.6 Å². The predicted octanol–water partition coefficient (Wildman–Crippen LogP) is 4.19. The number of nitrogen functional groups attached to an aromatic ring is 1. The number of esters is 2. The molecule has 5 rings (SSSR count). The quantitative estimate of drug-likeness (QED) is 0.122. The molecule has 0 aliphatic heterocycles. The number of ether oxygens (including phenoxy) is 2. The summed E-state index contributed by atoms with van der Waals surface area (Å²) >= 11 is 0. The number of nitrogens with one attached hydrogen (secondary N) is 1. The van der Waals surface area contributed by atoms with E-state index in [1.165, 1.54) is 20.3 Å². The summed E-state index contributed by atoms with van der Waals surface area (Å²) in [5.74, 6) is -0.582. The molecule has 0 saturated carbocycles. The number of carbonyl (C=O) groups excluding carboxylic acids is 2. The second kappa shape index (κ2) is 14.2. The van der Waals surface area contributed by atoms with Gasteiger partial charge < -0.3 is 15.2 Å². The molecule has 0 radical (unpaired) electrons. The van der Waals surface area contributed by atoms with Gasteiger partial charge in [0.25, 0.3) is 0 Å². The summed E-state index contributed by atoms with van der Waals surface area (Å²) < 4.78 is 11.8. The summed E-state index contributed by atoms with van der Waals surface area (Å²) in [4.78, 5) is 31.8. The first-order valence-electron chi connectivity index (χ1n) is 14.2. The number of methoxy groups -OCH3 is 2. The van der Waals surface area contributed by atoms with Crippen molar-refractivity contribution in [3.05, 3.63) is 131 Å². The Balaban J connectivity index is 1.38. The zero-order valence-electron chi connectivity index (χ0n) is 25.0. The number of carbonyl (C=O) groups is 2. The van der Waals surface area contributed by atoms with Gasteiger partial charge in [0, 0.05) is 36.8 Å². The molecule has 0 saturated heterocycles. The molecule has 1 unspecified atom stereocenters. The zero-order valence-corrected chi connectivity index (χ0v) is 25.0. The normalized spacial score (nSPS) is 11.6. The lowest BCUT2D eigenvalue weighted by atomic mass is 10.0. The molecule has 5 aromatic rings. The second-order valence-corrected chi connectivity index (χ2v) is 10.3. The van der Waals surface area contributed by atoms with E-state index in [-0.39, 0.29) is 17.4 Å². The first-order valence-corrected chi connectivity index (χ1v) is 14.2. The average molecular weight is 604 g/mol. The van der Waals surface area contributed by atoms with E-state index in [2.05, 4.69) is 20.1 Å². The van der Waals surface area contributed by atoms with Crippen LogP contribution in [0.5, 0.6) is 0 Å². The molecule has 3 N–H and O–H groups in total. The summed E-state index contributed by atoms with van der Waals surface area (Å²) in [7, 11) is 2.69. The molecule has 0 aliphatic rings. The number of amidine groups is 1. The van der Waals surface area contributed by atoms with E-state index >= 15 is 0 Å². The van der Waals surface area contributed by atoms with Crippen LogP contribution in [0.15, 0.2) is 104 Å². The maximum atomic E-state index is 13.2. The topological polar surface area (TPSA) is 149 Å². The molecule has 11 nitrogen and oxygen atoms in total. The van der Waals surface area contributed by atoms with Crippen molar-refractivity contribution in [2.75, 3.05) is 14.2 Å². The third-order valence-corrected chi connectivity index (χ3v) is 7.33. The van der Waals surface area contributed by atoms with E-state index in [4.69, 9.17) is 20.6 Å². The highest BCUT2D eigenvalue weighted by molar-refractivity contribution is 6.03.